The molecule has 7 nitrogen and oxygen atoms in total. The van der Waals surface area contributed by atoms with Crippen molar-refractivity contribution in [3.8, 4) is 5.75 Å². The molecule has 2 rings (SSSR count). The molecule has 0 aliphatic carbocycles. The summed E-state index contributed by atoms with van der Waals surface area (Å²) in [6, 6.07) is 12.9. The number of para-hydroxylation sites is 1. The third-order valence-electron chi connectivity index (χ3n) is 3.46. The molecule has 7 heteroatoms. The van der Waals surface area contributed by atoms with Crippen LogP contribution in [0.15, 0.2) is 48.5 Å². The van der Waals surface area contributed by atoms with Crippen molar-refractivity contribution in [2.24, 2.45) is 0 Å². The molecule has 0 radical (unpaired) electrons. The van der Waals surface area contributed by atoms with Crippen LogP contribution >= 0.6 is 0 Å². The topological polar surface area (TPSA) is 95.7 Å². The van der Waals surface area contributed by atoms with Gasteiger partial charge in [0.05, 0.1) is 4.92 Å². The number of benzene rings is 2. The first-order chi connectivity index (χ1) is 11.9. The minimum absolute atomic E-state index is 0.113. The number of carbonyl (C=O) groups is 2. The lowest BCUT2D eigenvalue weighted by Gasteiger charge is -2.13. The fourth-order valence-electron chi connectivity index (χ4n) is 2.07. The number of rotatable bonds is 7. The van der Waals surface area contributed by atoms with Gasteiger partial charge in [-0.25, -0.2) is 4.79 Å². The Kier molecular flexibility index (Phi) is 5.84. The zero-order valence-electron chi connectivity index (χ0n) is 13.8. The van der Waals surface area contributed by atoms with E-state index in [1.807, 2.05) is 6.07 Å². The van der Waals surface area contributed by atoms with Crippen LogP contribution in [-0.2, 0) is 9.53 Å². The van der Waals surface area contributed by atoms with Crippen LogP contribution in [0, 0.1) is 17.0 Å². The summed E-state index contributed by atoms with van der Waals surface area (Å²) in [6.45, 7) is 2.58. The molecule has 0 saturated heterocycles. The number of aryl methyl sites for hydroxylation is 1. The number of carbonyl (C=O) groups excluding carboxylic acids is 2. The van der Waals surface area contributed by atoms with Gasteiger partial charge < -0.3 is 9.47 Å². The van der Waals surface area contributed by atoms with E-state index in [1.54, 1.807) is 31.2 Å². The molecule has 25 heavy (non-hydrogen) atoms. The number of nitro benzene ring substituents is 1. The second-order valence-corrected chi connectivity index (χ2v) is 5.36. The number of nitro groups is 1. The molecule has 0 amide bonds. The summed E-state index contributed by atoms with van der Waals surface area (Å²) >= 11 is 0. The highest BCUT2D eigenvalue weighted by atomic mass is 16.6. The van der Waals surface area contributed by atoms with Crippen molar-refractivity contribution in [1.29, 1.82) is 0 Å². The number of esters is 1. The van der Waals surface area contributed by atoms with Gasteiger partial charge in [-0.2, -0.15) is 0 Å². The average molecular weight is 343 g/mol. The third kappa shape index (κ3) is 4.87. The van der Waals surface area contributed by atoms with Gasteiger partial charge in [-0.3, -0.25) is 14.9 Å². The standard InChI is InChI=1S/C18H17NO6/c1-12-8-9-14(10-16(12)19(22)23)17(20)11-24-18(21)13(2)25-15-6-4-3-5-7-15/h3-10,13H,11H2,1-2H3/t13-/m1/s1. The first-order valence-electron chi connectivity index (χ1n) is 7.55. The number of ketones is 1. The summed E-state index contributed by atoms with van der Waals surface area (Å²) in [5.41, 5.74) is 0.406. The number of hydrogen-bond acceptors (Lipinski definition) is 6. The third-order valence-corrected chi connectivity index (χ3v) is 3.46. The molecular weight excluding hydrogens is 326 g/mol. The maximum absolute atomic E-state index is 12.1. The van der Waals surface area contributed by atoms with E-state index < -0.39 is 29.4 Å². The first kappa shape index (κ1) is 18.1. The minimum Gasteiger partial charge on any atom is -0.479 e. The molecule has 0 aliphatic rings. The summed E-state index contributed by atoms with van der Waals surface area (Å²) in [7, 11) is 0. The minimum atomic E-state index is -0.887. The summed E-state index contributed by atoms with van der Waals surface area (Å²) < 4.78 is 10.3. The SMILES string of the molecule is Cc1ccc(C(=O)COC(=O)[C@@H](C)Oc2ccccc2)cc1[N+](=O)[O-]. The zero-order chi connectivity index (χ0) is 18.4. The van der Waals surface area contributed by atoms with E-state index in [2.05, 4.69) is 0 Å². The summed E-state index contributed by atoms with van der Waals surface area (Å²) in [4.78, 5) is 34.3. The van der Waals surface area contributed by atoms with Gasteiger partial charge in [0.15, 0.2) is 12.7 Å². The Bertz CT molecular complexity index is 787. The smallest absolute Gasteiger partial charge is 0.347 e. The molecule has 0 spiro atoms. The maximum Gasteiger partial charge on any atom is 0.347 e. The van der Waals surface area contributed by atoms with E-state index in [0.717, 1.165) is 0 Å². The lowest BCUT2D eigenvalue weighted by molar-refractivity contribution is -0.385. The van der Waals surface area contributed by atoms with Crippen LogP contribution in [0.2, 0.25) is 0 Å². The van der Waals surface area contributed by atoms with E-state index in [-0.39, 0.29) is 11.3 Å². The summed E-state index contributed by atoms with van der Waals surface area (Å²) in [6.07, 6.45) is -0.887. The monoisotopic (exact) mass is 343 g/mol. The van der Waals surface area contributed by atoms with Crippen LogP contribution in [0.1, 0.15) is 22.8 Å². The van der Waals surface area contributed by atoms with Gasteiger partial charge in [-0.05, 0) is 26.0 Å². The highest BCUT2D eigenvalue weighted by molar-refractivity contribution is 5.98. The maximum atomic E-state index is 12.1. The van der Waals surface area contributed by atoms with Crippen molar-refractivity contribution in [2.75, 3.05) is 6.61 Å². The molecule has 130 valence electrons. The highest BCUT2D eigenvalue weighted by Gasteiger charge is 2.20. The average Bonchev–Trinajstić information content (AvgIpc) is 2.60. The van der Waals surface area contributed by atoms with E-state index >= 15 is 0 Å². The largest absolute Gasteiger partial charge is 0.479 e. The van der Waals surface area contributed by atoms with Gasteiger partial charge in [0.2, 0.25) is 5.78 Å². The molecule has 0 bridgehead atoms. The van der Waals surface area contributed by atoms with Crippen LogP contribution in [-0.4, -0.2) is 29.4 Å². The molecular formula is C18H17NO6. The van der Waals surface area contributed by atoms with Gasteiger partial charge >= 0.3 is 5.97 Å². The van der Waals surface area contributed by atoms with Crippen LogP contribution in [0.25, 0.3) is 0 Å². The van der Waals surface area contributed by atoms with Gasteiger partial charge in [-0.15, -0.1) is 0 Å². The summed E-state index contributed by atoms with van der Waals surface area (Å²) in [5, 5.41) is 10.9. The zero-order valence-corrected chi connectivity index (χ0v) is 13.8. The number of ether oxygens (including phenoxy) is 2. The van der Waals surface area contributed by atoms with Crippen molar-refractivity contribution < 1.29 is 24.0 Å². The van der Waals surface area contributed by atoms with Gasteiger partial charge in [-0.1, -0.05) is 30.3 Å². The van der Waals surface area contributed by atoms with Gasteiger partial charge in [0.1, 0.15) is 5.75 Å². The molecule has 0 aromatic heterocycles. The molecule has 0 unspecified atom stereocenters. The van der Waals surface area contributed by atoms with E-state index in [1.165, 1.54) is 25.1 Å². The predicted molar refractivity (Wildman–Crippen MR) is 89.7 cm³/mol. The molecule has 0 fully saturated rings. The Morgan fingerprint density at radius 2 is 1.84 bits per heavy atom. The number of hydrogen-bond donors (Lipinski definition) is 0. The molecule has 0 N–H and O–H groups in total. The first-order valence-corrected chi connectivity index (χ1v) is 7.55. The lowest BCUT2D eigenvalue weighted by Crippen LogP contribution is -2.28. The normalized spacial score (nSPS) is 11.4. The molecule has 0 saturated carbocycles. The van der Waals surface area contributed by atoms with Crippen molar-refractivity contribution in [1.82, 2.24) is 0 Å². The fraction of sp³-hybridized carbons (Fsp3) is 0.222. The van der Waals surface area contributed by atoms with Crippen molar-refractivity contribution >= 4 is 17.4 Å². The van der Waals surface area contributed by atoms with E-state index in [4.69, 9.17) is 9.47 Å². The number of Topliss-reactive ketones (excluding diaryl/α,β-unsaturated/α-hetero) is 1. The Hall–Kier alpha value is -3.22. The molecule has 1 atom stereocenters. The lowest BCUT2D eigenvalue weighted by atomic mass is 10.1. The molecule has 2 aromatic rings. The predicted octanol–water partition coefficient (Wildman–Crippen LogP) is 3.10. The van der Waals surface area contributed by atoms with E-state index in [0.29, 0.717) is 11.3 Å². The van der Waals surface area contributed by atoms with E-state index in [9.17, 15) is 19.7 Å². The quantitative estimate of drug-likeness (QED) is 0.332. The second kappa shape index (κ2) is 8.05. The van der Waals surface area contributed by atoms with Gasteiger partial charge in [0, 0.05) is 17.2 Å². The van der Waals surface area contributed by atoms with Crippen molar-refractivity contribution in [3.63, 3.8) is 0 Å². The summed E-state index contributed by atoms with van der Waals surface area (Å²) in [5.74, 6) is -0.713. The van der Waals surface area contributed by atoms with Crippen LogP contribution in [0.4, 0.5) is 5.69 Å². The molecule has 0 aliphatic heterocycles. The highest BCUT2D eigenvalue weighted by Crippen LogP contribution is 2.19. The Morgan fingerprint density at radius 3 is 2.48 bits per heavy atom. The number of nitrogens with zero attached hydrogens (tertiary/aromatic N) is 1. The van der Waals surface area contributed by atoms with Crippen molar-refractivity contribution in [2.45, 2.75) is 20.0 Å². The molecule has 0 heterocycles. The van der Waals surface area contributed by atoms with Crippen LogP contribution in [0.5, 0.6) is 5.75 Å². The Labute approximate surface area is 144 Å². The van der Waals surface area contributed by atoms with Crippen molar-refractivity contribution in [3.05, 3.63) is 69.8 Å². The van der Waals surface area contributed by atoms with Crippen LogP contribution < -0.4 is 4.74 Å². The van der Waals surface area contributed by atoms with Gasteiger partial charge in [0.25, 0.3) is 5.69 Å². The molecule has 2 aromatic carbocycles. The Morgan fingerprint density at radius 1 is 1.16 bits per heavy atom. The fourth-order valence-corrected chi connectivity index (χ4v) is 2.07. The van der Waals surface area contributed by atoms with Crippen LogP contribution in [0.3, 0.4) is 0 Å². The second-order valence-electron chi connectivity index (χ2n) is 5.36. The Balaban J connectivity index is 1.94.